The first-order valence-electron chi connectivity index (χ1n) is 8.43. The third-order valence-corrected chi connectivity index (χ3v) is 4.18. The Kier molecular flexibility index (Phi) is 7.08. The van der Waals surface area contributed by atoms with Crippen LogP contribution in [0.15, 0.2) is 18.2 Å². The maximum atomic E-state index is 13.0. The van der Waals surface area contributed by atoms with Crippen molar-refractivity contribution in [1.29, 1.82) is 0 Å². The molecule has 8 heteroatoms. The molecule has 0 spiro atoms. The van der Waals surface area contributed by atoms with Gasteiger partial charge in [0.2, 0.25) is 11.8 Å². The van der Waals surface area contributed by atoms with Crippen molar-refractivity contribution >= 4 is 29.7 Å². The van der Waals surface area contributed by atoms with Crippen molar-refractivity contribution in [1.82, 2.24) is 10.2 Å². The molecular formula is C19H21N3O5. The first-order chi connectivity index (χ1) is 13.0. The van der Waals surface area contributed by atoms with E-state index < -0.39 is 17.9 Å². The largest absolute Gasteiger partial charge is 0.382 e. The number of nitrogens with one attached hydrogen (secondary N) is 2. The van der Waals surface area contributed by atoms with Gasteiger partial charge in [-0.05, 0) is 12.5 Å². The van der Waals surface area contributed by atoms with Gasteiger partial charge in [0.25, 0.3) is 5.91 Å². The van der Waals surface area contributed by atoms with Crippen LogP contribution >= 0.6 is 0 Å². The molecule has 1 aliphatic rings. The molecule has 1 aliphatic heterocycles. The second kappa shape index (κ2) is 9.50. The molecule has 8 nitrogen and oxygen atoms in total. The van der Waals surface area contributed by atoms with E-state index in [2.05, 4.69) is 16.6 Å². The Morgan fingerprint density at radius 1 is 1.48 bits per heavy atom. The third kappa shape index (κ3) is 4.92. The minimum atomic E-state index is -0.776. The van der Waals surface area contributed by atoms with Crippen LogP contribution in [-0.2, 0) is 14.3 Å². The Morgan fingerprint density at radius 3 is 2.93 bits per heavy atom. The summed E-state index contributed by atoms with van der Waals surface area (Å²) in [5.74, 6) is 0.981. The van der Waals surface area contributed by atoms with Gasteiger partial charge in [0, 0.05) is 31.3 Å². The summed E-state index contributed by atoms with van der Waals surface area (Å²) in [6, 6.07) is 4.07. The van der Waals surface area contributed by atoms with Crippen molar-refractivity contribution in [2.45, 2.75) is 18.9 Å². The van der Waals surface area contributed by atoms with Gasteiger partial charge in [0.15, 0.2) is 6.29 Å². The number of hydrogen-bond acceptors (Lipinski definition) is 6. The third-order valence-electron chi connectivity index (χ3n) is 4.18. The van der Waals surface area contributed by atoms with Gasteiger partial charge < -0.3 is 15.0 Å². The van der Waals surface area contributed by atoms with E-state index in [0.29, 0.717) is 25.1 Å². The molecule has 0 saturated carbocycles. The zero-order valence-corrected chi connectivity index (χ0v) is 15.0. The van der Waals surface area contributed by atoms with E-state index in [0.717, 1.165) is 0 Å². The normalized spacial score (nSPS) is 16.2. The van der Waals surface area contributed by atoms with Gasteiger partial charge in [-0.3, -0.25) is 24.5 Å². The number of rotatable bonds is 8. The summed E-state index contributed by atoms with van der Waals surface area (Å²) in [4.78, 5) is 49.1. The van der Waals surface area contributed by atoms with Crippen molar-refractivity contribution in [2.75, 3.05) is 32.1 Å². The summed E-state index contributed by atoms with van der Waals surface area (Å²) < 4.78 is 5.18. The van der Waals surface area contributed by atoms with E-state index >= 15 is 0 Å². The standard InChI is InChI=1S/C19H21N3O5/c1-3-10-27-11-9-20-14-6-4-5-13(12-23)17(14)19(26)22(2)15-7-8-16(24)21-18(15)25/h1,4-6,12,15,20H,7-11H2,2H3,(H,21,24,25). The number of benzene rings is 1. The molecule has 0 bridgehead atoms. The molecule has 2 rings (SSSR count). The fraction of sp³-hybridized carbons (Fsp3) is 0.368. The maximum absolute atomic E-state index is 13.0. The molecular weight excluding hydrogens is 350 g/mol. The van der Waals surface area contributed by atoms with E-state index in [1.54, 1.807) is 12.1 Å². The van der Waals surface area contributed by atoms with Crippen molar-refractivity contribution in [3.8, 4) is 12.3 Å². The van der Waals surface area contributed by atoms with Crippen LogP contribution in [0.4, 0.5) is 5.69 Å². The van der Waals surface area contributed by atoms with Crippen LogP contribution in [0.3, 0.4) is 0 Å². The molecule has 0 radical (unpaired) electrons. The highest BCUT2D eigenvalue weighted by Crippen LogP contribution is 2.23. The van der Waals surface area contributed by atoms with Gasteiger partial charge in [0.1, 0.15) is 12.6 Å². The molecule has 1 unspecified atom stereocenters. The monoisotopic (exact) mass is 371 g/mol. The molecule has 0 aliphatic carbocycles. The fourth-order valence-electron chi connectivity index (χ4n) is 2.81. The van der Waals surface area contributed by atoms with Crippen LogP contribution in [0.1, 0.15) is 33.6 Å². The number of likely N-dealkylation sites (N-methyl/N-ethyl adjacent to an activating group) is 1. The van der Waals surface area contributed by atoms with Crippen molar-refractivity contribution in [3.63, 3.8) is 0 Å². The number of anilines is 1. The number of ether oxygens (including phenoxy) is 1. The first-order valence-corrected chi connectivity index (χ1v) is 8.43. The molecule has 3 amide bonds. The number of hydrogen-bond donors (Lipinski definition) is 2. The molecule has 1 fully saturated rings. The summed E-state index contributed by atoms with van der Waals surface area (Å²) in [6.45, 7) is 0.888. The zero-order valence-electron chi connectivity index (χ0n) is 15.0. The lowest BCUT2D eigenvalue weighted by molar-refractivity contribution is -0.136. The van der Waals surface area contributed by atoms with E-state index in [9.17, 15) is 19.2 Å². The average molecular weight is 371 g/mol. The van der Waals surface area contributed by atoms with Gasteiger partial charge in [-0.15, -0.1) is 6.42 Å². The maximum Gasteiger partial charge on any atom is 0.257 e. The number of carbonyl (C=O) groups is 4. The Hall–Kier alpha value is -3.18. The van der Waals surface area contributed by atoms with Gasteiger partial charge in [-0.1, -0.05) is 18.1 Å². The minimum absolute atomic E-state index is 0.154. The lowest BCUT2D eigenvalue weighted by Crippen LogP contribution is -2.53. The molecule has 1 saturated heterocycles. The number of piperidine rings is 1. The SMILES string of the molecule is C#CCOCCNc1cccc(C=O)c1C(=O)N(C)C1CCC(=O)NC1=O. The zero-order chi connectivity index (χ0) is 19.8. The predicted octanol–water partition coefficient (Wildman–Crippen LogP) is 0.438. The lowest BCUT2D eigenvalue weighted by Gasteiger charge is -2.30. The molecule has 27 heavy (non-hydrogen) atoms. The quantitative estimate of drug-likeness (QED) is 0.297. The molecule has 2 N–H and O–H groups in total. The summed E-state index contributed by atoms with van der Waals surface area (Å²) >= 11 is 0. The molecule has 0 aromatic heterocycles. The highest BCUT2D eigenvalue weighted by atomic mass is 16.5. The highest BCUT2D eigenvalue weighted by molar-refractivity contribution is 6.08. The molecule has 1 atom stereocenters. The Balaban J connectivity index is 2.20. The number of aldehydes is 1. The molecule has 1 heterocycles. The second-order valence-corrected chi connectivity index (χ2v) is 5.95. The van der Waals surface area contributed by atoms with Crippen molar-refractivity contribution in [3.05, 3.63) is 29.3 Å². The molecule has 1 aromatic rings. The van der Waals surface area contributed by atoms with E-state index in [4.69, 9.17) is 11.2 Å². The van der Waals surface area contributed by atoms with Gasteiger partial charge >= 0.3 is 0 Å². The lowest BCUT2D eigenvalue weighted by atomic mass is 10.0. The van der Waals surface area contributed by atoms with Gasteiger partial charge in [-0.2, -0.15) is 0 Å². The number of carbonyl (C=O) groups excluding carboxylic acids is 4. The van der Waals surface area contributed by atoms with E-state index in [1.165, 1.54) is 18.0 Å². The smallest absolute Gasteiger partial charge is 0.257 e. The first kappa shape index (κ1) is 20.1. The van der Waals surface area contributed by atoms with Crippen molar-refractivity contribution in [2.24, 2.45) is 0 Å². The van der Waals surface area contributed by atoms with Crippen LogP contribution in [-0.4, -0.2) is 61.8 Å². The minimum Gasteiger partial charge on any atom is -0.382 e. The second-order valence-electron chi connectivity index (χ2n) is 5.95. The van der Waals surface area contributed by atoms with E-state index in [1.807, 2.05) is 0 Å². The number of nitrogens with zero attached hydrogens (tertiary/aromatic N) is 1. The van der Waals surface area contributed by atoms with Crippen molar-refractivity contribution < 1.29 is 23.9 Å². The predicted molar refractivity (Wildman–Crippen MR) is 98.2 cm³/mol. The Labute approximate surface area is 157 Å². The Bertz CT molecular complexity index is 784. The number of amides is 3. The van der Waals surface area contributed by atoms with Crippen LogP contribution in [0.25, 0.3) is 0 Å². The van der Waals surface area contributed by atoms with Crippen LogP contribution < -0.4 is 10.6 Å². The fourth-order valence-corrected chi connectivity index (χ4v) is 2.81. The molecule has 142 valence electrons. The van der Waals surface area contributed by atoms with Crippen LogP contribution in [0.2, 0.25) is 0 Å². The Morgan fingerprint density at radius 2 is 2.26 bits per heavy atom. The van der Waals surface area contributed by atoms with Crippen LogP contribution in [0.5, 0.6) is 0 Å². The van der Waals surface area contributed by atoms with Crippen LogP contribution in [0, 0.1) is 12.3 Å². The summed E-state index contributed by atoms with van der Waals surface area (Å²) in [5.41, 5.74) is 0.818. The average Bonchev–Trinajstić information content (AvgIpc) is 2.66. The number of terminal acetylenes is 1. The molecule has 1 aromatic carbocycles. The highest BCUT2D eigenvalue weighted by Gasteiger charge is 2.33. The summed E-state index contributed by atoms with van der Waals surface area (Å²) in [6.07, 6.45) is 6.09. The summed E-state index contributed by atoms with van der Waals surface area (Å²) in [7, 11) is 1.48. The number of imide groups is 1. The van der Waals surface area contributed by atoms with Gasteiger partial charge in [-0.25, -0.2) is 0 Å². The van der Waals surface area contributed by atoms with Gasteiger partial charge in [0.05, 0.1) is 12.2 Å². The van der Waals surface area contributed by atoms with E-state index in [-0.39, 0.29) is 36.5 Å². The summed E-state index contributed by atoms with van der Waals surface area (Å²) in [5, 5.41) is 5.27. The topological polar surface area (TPSA) is 105 Å².